The molecule has 1 unspecified atom stereocenters. The molecule has 1 aromatic rings. The van der Waals surface area contributed by atoms with Crippen LogP contribution in [0.15, 0.2) is 18.2 Å². The van der Waals surface area contributed by atoms with Gasteiger partial charge in [-0.15, -0.1) is 0 Å². The van der Waals surface area contributed by atoms with Crippen molar-refractivity contribution in [2.45, 2.75) is 6.04 Å². The molecule has 1 aromatic carbocycles. The predicted molar refractivity (Wildman–Crippen MR) is 66.4 cm³/mol. The Morgan fingerprint density at radius 2 is 2.39 bits per heavy atom. The lowest BCUT2D eigenvalue weighted by Gasteiger charge is -2.32. The van der Waals surface area contributed by atoms with Gasteiger partial charge in [-0.05, 0) is 18.2 Å². The molecule has 0 aromatic heterocycles. The highest BCUT2D eigenvalue weighted by Gasteiger charge is 2.28. The number of nitrogens with one attached hydrogen (secondary N) is 1. The first-order chi connectivity index (χ1) is 8.63. The maximum Gasteiger partial charge on any atom is 0.256 e. The molecule has 0 aliphatic carbocycles. The second-order valence-electron chi connectivity index (χ2n) is 4.01. The smallest absolute Gasteiger partial charge is 0.256 e. The van der Waals surface area contributed by atoms with E-state index in [2.05, 4.69) is 11.4 Å². The summed E-state index contributed by atoms with van der Waals surface area (Å²) in [7, 11) is 0. The lowest BCUT2D eigenvalue weighted by Crippen LogP contribution is -2.53. The van der Waals surface area contributed by atoms with Crippen molar-refractivity contribution in [3.8, 4) is 11.8 Å². The number of aromatic hydroxyl groups is 1. The molecular formula is C12H12ClN3O2. The number of amides is 1. The van der Waals surface area contributed by atoms with Crippen LogP contribution in [0.4, 0.5) is 0 Å². The molecule has 6 heteroatoms. The van der Waals surface area contributed by atoms with E-state index in [1.807, 2.05) is 0 Å². The molecule has 1 fully saturated rings. The monoisotopic (exact) mass is 265 g/mol. The minimum Gasteiger partial charge on any atom is -0.508 e. The van der Waals surface area contributed by atoms with Crippen molar-refractivity contribution in [1.82, 2.24) is 10.2 Å². The Balaban J connectivity index is 2.30. The number of hydrogen-bond donors (Lipinski definition) is 2. The number of hydrogen-bond acceptors (Lipinski definition) is 4. The van der Waals surface area contributed by atoms with Crippen LogP contribution < -0.4 is 5.32 Å². The normalized spacial score (nSPS) is 19.3. The first-order valence-electron chi connectivity index (χ1n) is 5.53. The maximum atomic E-state index is 12.3. The first-order valence-corrected chi connectivity index (χ1v) is 5.91. The standard InChI is InChI=1S/C12H12ClN3O2/c13-11-2-1-9(17)5-10(11)12(18)16-4-3-15-7-8(16)6-14/h1-2,5,8,15,17H,3-4,7H2. The predicted octanol–water partition coefficient (Wildman–Crippen LogP) is 0.983. The summed E-state index contributed by atoms with van der Waals surface area (Å²) in [6.07, 6.45) is 0. The fraction of sp³-hybridized carbons (Fsp3) is 0.333. The highest BCUT2D eigenvalue weighted by Crippen LogP contribution is 2.23. The topological polar surface area (TPSA) is 76.4 Å². The van der Waals surface area contributed by atoms with Crippen molar-refractivity contribution in [2.75, 3.05) is 19.6 Å². The zero-order valence-electron chi connectivity index (χ0n) is 9.56. The van der Waals surface area contributed by atoms with Crippen LogP contribution in [-0.2, 0) is 0 Å². The number of carbonyl (C=O) groups excluding carboxylic acids is 1. The highest BCUT2D eigenvalue weighted by molar-refractivity contribution is 6.33. The lowest BCUT2D eigenvalue weighted by atomic mass is 10.1. The van der Waals surface area contributed by atoms with E-state index in [0.29, 0.717) is 19.6 Å². The van der Waals surface area contributed by atoms with Gasteiger partial charge in [-0.1, -0.05) is 11.6 Å². The van der Waals surface area contributed by atoms with E-state index >= 15 is 0 Å². The van der Waals surface area contributed by atoms with E-state index in [9.17, 15) is 9.90 Å². The van der Waals surface area contributed by atoms with Crippen molar-refractivity contribution in [2.24, 2.45) is 0 Å². The van der Waals surface area contributed by atoms with Gasteiger partial charge in [0.05, 0.1) is 16.7 Å². The summed E-state index contributed by atoms with van der Waals surface area (Å²) >= 11 is 5.94. The molecule has 2 N–H and O–H groups in total. The molecule has 0 radical (unpaired) electrons. The summed E-state index contributed by atoms with van der Waals surface area (Å²) in [6, 6.07) is 5.77. The van der Waals surface area contributed by atoms with Crippen LogP contribution in [0.2, 0.25) is 5.02 Å². The van der Waals surface area contributed by atoms with Gasteiger partial charge in [0.1, 0.15) is 11.8 Å². The van der Waals surface area contributed by atoms with Crippen molar-refractivity contribution < 1.29 is 9.90 Å². The summed E-state index contributed by atoms with van der Waals surface area (Å²) < 4.78 is 0. The molecule has 1 amide bonds. The van der Waals surface area contributed by atoms with Gasteiger partial charge < -0.3 is 15.3 Å². The second kappa shape index (κ2) is 5.25. The molecule has 1 saturated heterocycles. The van der Waals surface area contributed by atoms with E-state index < -0.39 is 6.04 Å². The van der Waals surface area contributed by atoms with Crippen molar-refractivity contribution in [3.63, 3.8) is 0 Å². The second-order valence-corrected chi connectivity index (χ2v) is 4.42. The highest BCUT2D eigenvalue weighted by atomic mass is 35.5. The molecule has 1 aliphatic rings. The average Bonchev–Trinajstić information content (AvgIpc) is 2.40. The summed E-state index contributed by atoms with van der Waals surface area (Å²) in [6.45, 7) is 1.53. The summed E-state index contributed by atoms with van der Waals surface area (Å²) in [5, 5.41) is 21.7. The molecule has 1 aliphatic heterocycles. The maximum absolute atomic E-state index is 12.3. The number of benzene rings is 1. The molecule has 1 heterocycles. The lowest BCUT2D eigenvalue weighted by molar-refractivity contribution is 0.0687. The molecule has 18 heavy (non-hydrogen) atoms. The zero-order chi connectivity index (χ0) is 13.1. The molecule has 1 atom stereocenters. The third-order valence-corrected chi connectivity index (χ3v) is 3.16. The van der Waals surface area contributed by atoms with Gasteiger partial charge in [0.2, 0.25) is 0 Å². The Labute approximate surface area is 110 Å². The number of carbonyl (C=O) groups is 1. The minimum atomic E-state index is -0.510. The third kappa shape index (κ3) is 2.40. The Bertz CT molecular complexity index is 513. The van der Waals surface area contributed by atoms with Gasteiger partial charge >= 0.3 is 0 Å². The number of halogens is 1. The molecule has 0 saturated carbocycles. The van der Waals surface area contributed by atoms with Gasteiger partial charge in [0, 0.05) is 19.6 Å². The van der Waals surface area contributed by atoms with Crippen LogP contribution in [0, 0.1) is 11.3 Å². The first kappa shape index (κ1) is 12.7. The fourth-order valence-electron chi connectivity index (χ4n) is 1.89. The van der Waals surface area contributed by atoms with Gasteiger partial charge in [-0.2, -0.15) is 5.26 Å². The number of rotatable bonds is 1. The van der Waals surface area contributed by atoms with Crippen LogP contribution in [0.5, 0.6) is 5.75 Å². The van der Waals surface area contributed by atoms with Crippen LogP contribution in [-0.4, -0.2) is 41.6 Å². The van der Waals surface area contributed by atoms with E-state index in [4.69, 9.17) is 16.9 Å². The molecule has 0 bridgehead atoms. The summed E-state index contributed by atoms with van der Waals surface area (Å²) in [5.74, 6) is -0.352. The summed E-state index contributed by atoms with van der Waals surface area (Å²) in [4.78, 5) is 13.8. The van der Waals surface area contributed by atoms with E-state index in [1.165, 1.54) is 23.1 Å². The van der Waals surface area contributed by atoms with Crippen LogP contribution >= 0.6 is 11.6 Å². The number of nitriles is 1. The van der Waals surface area contributed by atoms with Crippen molar-refractivity contribution in [3.05, 3.63) is 28.8 Å². The Morgan fingerprint density at radius 1 is 1.61 bits per heavy atom. The molecule has 0 spiro atoms. The van der Waals surface area contributed by atoms with Crippen LogP contribution in [0.1, 0.15) is 10.4 Å². The Kier molecular flexibility index (Phi) is 3.70. The summed E-state index contributed by atoms with van der Waals surface area (Å²) in [5.41, 5.74) is 0.221. The SMILES string of the molecule is N#CC1CNCCN1C(=O)c1cc(O)ccc1Cl. The van der Waals surface area contributed by atoms with E-state index in [0.717, 1.165) is 0 Å². The minimum absolute atomic E-state index is 0.0219. The number of nitrogens with zero attached hydrogens (tertiary/aromatic N) is 2. The van der Waals surface area contributed by atoms with E-state index in [1.54, 1.807) is 0 Å². The third-order valence-electron chi connectivity index (χ3n) is 2.83. The van der Waals surface area contributed by atoms with Crippen molar-refractivity contribution in [1.29, 1.82) is 5.26 Å². The molecule has 94 valence electrons. The quantitative estimate of drug-likeness (QED) is 0.794. The molecular weight excluding hydrogens is 254 g/mol. The fourth-order valence-corrected chi connectivity index (χ4v) is 2.09. The van der Waals surface area contributed by atoms with Crippen molar-refractivity contribution >= 4 is 17.5 Å². The van der Waals surface area contributed by atoms with Gasteiger partial charge in [-0.25, -0.2) is 0 Å². The van der Waals surface area contributed by atoms with Gasteiger partial charge in [0.25, 0.3) is 5.91 Å². The molecule has 2 rings (SSSR count). The number of piperazine rings is 1. The zero-order valence-corrected chi connectivity index (χ0v) is 10.3. The number of phenols is 1. The Hall–Kier alpha value is -1.77. The molecule has 5 nitrogen and oxygen atoms in total. The van der Waals surface area contributed by atoms with Crippen LogP contribution in [0.25, 0.3) is 0 Å². The average molecular weight is 266 g/mol. The van der Waals surface area contributed by atoms with E-state index in [-0.39, 0.29) is 22.2 Å². The number of phenolic OH excluding ortho intramolecular Hbond substituents is 1. The van der Waals surface area contributed by atoms with Crippen LogP contribution in [0.3, 0.4) is 0 Å². The Morgan fingerprint density at radius 3 is 3.11 bits per heavy atom. The van der Waals surface area contributed by atoms with Gasteiger partial charge in [-0.3, -0.25) is 4.79 Å². The largest absolute Gasteiger partial charge is 0.508 e. The van der Waals surface area contributed by atoms with Gasteiger partial charge in [0.15, 0.2) is 0 Å².